The van der Waals surface area contributed by atoms with Crippen molar-refractivity contribution in [1.29, 1.82) is 0 Å². The lowest BCUT2D eigenvalue weighted by Crippen LogP contribution is -2.06. The molecule has 0 unspecified atom stereocenters. The molecule has 0 aromatic rings. The van der Waals surface area contributed by atoms with Gasteiger partial charge in [0.15, 0.2) is 0 Å². The third-order valence-electron chi connectivity index (χ3n) is 4.44. The average Bonchev–Trinajstić information content (AvgIpc) is 2.85. The molecule has 1 saturated carbocycles. The highest BCUT2D eigenvalue weighted by molar-refractivity contribution is 5.76. The molecule has 0 aliphatic heterocycles. The Morgan fingerprint density at radius 1 is 1.36 bits per heavy atom. The van der Waals surface area contributed by atoms with Crippen LogP contribution in [0.3, 0.4) is 0 Å². The van der Waals surface area contributed by atoms with Gasteiger partial charge in [-0.25, -0.2) is 0 Å². The van der Waals surface area contributed by atoms with Gasteiger partial charge >= 0.3 is 0 Å². The first-order valence-corrected chi connectivity index (χ1v) is 5.61. The molecule has 3 aliphatic carbocycles. The van der Waals surface area contributed by atoms with Gasteiger partial charge in [-0.2, -0.15) is 0 Å². The minimum atomic E-state index is 0.442. The van der Waals surface area contributed by atoms with Gasteiger partial charge in [-0.1, -0.05) is 24.6 Å². The molecule has 3 atom stereocenters. The third-order valence-corrected chi connectivity index (χ3v) is 4.44. The smallest absolute Gasteiger partial charge is 0.146 e. The van der Waals surface area contributed by atoms with Crippen LogP contribution < -0.4 is 0 Å². The summed E-state index contributed by atoms with van der Waals surface area (Å²) in [4.78, 5) is 11.0. The molecule has 0 aromatic carbocycles. The van der Waals surface area contributed by atoms with Crippen molar-refractivity contribution in [3.05, 3.63) is 23.3 Å². The van der Waals surface area contributed by atoms with E-state index in [9.17, 15) is 4.79 Å². The molecule has 0 radical (unpaired) electrons. The normalized spacial score (nSPS) is 44.4. The van der Waals surface area contributed by atoms with E-state index in [0.29, 0.717) is 11.3 Å². The van der Waals surface area contributed by atoms with E-state index in [1.807, 2.05) is 0 Å². The topological polar surface area (TPSA) is 17.1 Å². The van der Waals surface area contributed by atoms with Gasteiger partial charge < -0.3 is 0 Å². The van der Waals surface area contributed by atoms with E-state index in [1.165, 1.54) is 19.3 Å². The summed E-state index contributed by atoms with van der Waals surface area (Å²) in [6.07, 6.45) is 10.5. The van der Waals surface area contributed by atoms with Crippen molar-refractivity contribution >= 4 is 6.29 Å². The van der Waals surface area contributed by atoms with Gasteiger partial charge in [0.05, 0.1) is 0 Å². The highest BCUT2D eigenvalue weighted by Crippen LogP contribution is 2.70. The number of rotatable bonds is 1. The lowest BCUT2D eigenvalue weighted by Gasteiger charge is -2.18. The van der Waals surface area contributed by atoms with Crippen LogP contribution >= 0.6 is 0 Å². The number of carbonyl (C=O) groups excluding carboxylic acids is 1. The van der Waals surface area contributed by atoms with Crippen LogP contribution in [-0.4, -0.2) is 6.29 Å². The van der Waals surface area contributed by atoms with Gasteiger partial charge in [0.2, 0.25) is 0 Å². The van der Waals surface area contributed by atoms with Crippen LogP contribution in [-0.2, 0) is 4.79 Å². The fraction of sp³-hybridized carbons (Fsp3) is 0.615. The summed E-state index contributed by atoms with van der Waals surface area (Å²) in [5, 5.41) is 0. The first kappa shape index (κ1) is 8.46. The number of hydrogen-bond donors (Lipinski definition) is 0. The fourth-order valence-corrected chi connectivity index (χ4v) is 3.69. The van der Waals surface area contributed by atoms with Crippen molar-refractivity contribution in [1.82, 2.24) is 0 Å². The Bertz CT molecular complexity index is 350. The number of hydrogen-bond acceptors (Lipinski definition) is 1. The van der Waals surface area contributed by atoms with Crippen LogP contribution in [0.15, 0.2) is 23.3 Å². The maximum absolute atomic E-state index is 11.0. The van der Waals surface area contributed by atoms with Gasteiger partial charge in [-0.15, -0.1) is 0 Å². The summed E-state index contributed by atoms with van der Waals surface area (Å²) in [7, 11) is 0. The molecular weight excluding hydrogens is 172 g/mol. The zero-order chi connectivity index (χ0) is 9.76. The van der Waals surface area contributed by atoms with E-state index in [4.69, 9.17) is 0 Å². The molecule has 14 heavy (non-hydrogen) atoms. The second-order valence-electron chi connectivity index (χ2n) is 5.14. The molecule has 0 bridgehead atoms. The first-order valence-electron chi connectivity index (χ1n) is 5.61. The van der Waals surface area contributed by atoms with Gasteiger partial charge in [0.25, 0.3) is 0 Å². The molecule has 3 aliphatic rings. The molecule has 74 valence electrons. The average molecular weight is 188 g/mol. The zero-order valence-corrected chi connectivity index (χ0v) is 8.62. The van der Waals surface area contributed by atoms with Crippen LogP contribution in [0.1, 0.15) is 32.6 Å². The summed E-state index contributed by atoms with van der Waals surface area (Å²) < 4.78 is 0. The summed E-state index contributed by atoms with van der Waals surface area (Å²) in [5.41, 5.74) is 3.16. The zero-order valence-electron chi connectivity index (χ0n) is 8.62. The molecule has 0 N–H and O–H groups in total. The Balaban J connectivity index is 2.04. The molecule has 0 spiro atoms. The van der Waals surface area contributed by atoms with Crippen molar-refractivity contribution in [2.24, 2.45) is 17.3 Å². The van der Waals surface area contributed by atoms with E-state index in [0.717, 1.165) is 24.2 Å². The third kappa shape index (κ3) is 0.879. The Hall–Kier alpha value is -0.850. The minimum absolute atomic E-state index is 0.442. The van der Waals surface area contributed by atoms with Gasteiger partial charge in [-0.05, 0) is 48.5 Å². The molecule has 0 saturated heterocycles. The SMILES string of the molecule is C[C@@]12CCC=C3CCC=C(C=O)[C@@H]1[C@H]32. The number of carbonyl (C=O) groups is 1. The van der Waals surface area contributed by atoms with Crippen LogP contribution in [0.25, 0.3) is 0 Å². The van der Waals surface area contributed by atoms with Gasteiger partial charge in [0.1, 0.15) is 6.29 Å². The predicted octanol–water partition coefficient (Wildman–Crippen LogP) is 2.88. The summed E-state index contributed by atoms with van der Waals surface area (Å²) in [6, 6.07) is 0. The molecule has 0 heterocycles. The maximum atomic E-state index is 11.0. The second-order valence-corrected chi connectivity index (χ2v) is 5.14. The second kappa shape index (κ2) is 2.59. The fourth-order valence-electron chi connectivity index (χ4n) is 3.69. The van der Waals surface area contributed by atoms with Crippen molar-refractivity contribution in [3.63, 3.8) is 0 Å². The first-order chi connectivity index (χ1) is 6.77. The molecular formula is C13H16O. The summed E-state index contributed by atoms with van der Waals surface area (Å²) in [5.74, 6) is 1.28. The molecule has 3 rings (SSSR count). The Kier molecular flexibility index (Phi) is 1.56. The highest BCUT2D eigenvalue weighted by atomic mass is 16.1. The van der Waals surface area contributed by atoms with Crippen LogP contribution in [0, 0.1) is 17.3 Å². The molecule has 0 amide bonds. The van der Waals surface area contributed by atoms with Crippen LogP contribution in [0.5, 0.6) is 0 Å². The number of allylic oxidation sites excluding steroid dienone is 4. The van der Waals surface area contributed by atoms with Gasteiger partial charge in [-0.3, -0.25) is 4.79 Å². The molecule has 1 fully saturated rings. The maximum Gasteiger partial charge on any atom is 0.146 e. The number of aldehydes is 1. The van der Waals surface area contributed by atoms with Crippen LogP contribution in [0.4, 0.5) is 0 Å². The molecule has 1 heteroatoms. The quantitative estimate of drug-likeness (QED) is 0.457. The minimum Gasteiger partial charge on any atom is -0.298 e. The van der Waals surface area contributed by atoms with Crippen LogP contribution in [0.2, 0.25) is 0 Å². The Labute approximate surface area is 84.9 Å². The van der Waals surface area contributed by atoms with E-state index in [1.54, 1.807) is 5.57 Å². The largest absolute Gasteiger partial charge is 0.298 e. The van der Waals surface area contributed by atoms with E-state index >= 15 is 0 Å². The summed E-state index contributed by atoms with van der Waals surface area (Å²) in [6.45, 7) is 2.36. The number of fused-ring (bicyclic) bond motifs is 1. The lowest BCUT2D eigenvalue weighted by atomic mass is 9.87. The standard InChI is InChI=1S/C13H16O/c1-13-7-3-6-9-4-2-5-10(8-14)12(13)11(9)13/h5-6,8,11-12H,2-4,7H2,1H3/t11-,12+,13-/m0/s1. The van der Waals surface area contributed by atoms with E-state index in [-0.39, 0.29) is 0 Å². The van der Waals surface area contributed by atoms with Crippen molar-refractivity contribution < 1.29 is 4.79 Å². The van der Waals surface area contributed by atoms with E-state index in [2.05, 4.69) is 19.1 Å². The van der Waals surface area contributed by atoms with Gasteiger partial charge in [0, 0.05) is 0 Å². The van der Waals surface area contributed by atoms with Crippen molar-refractivity contribution in [3.8, 4) is 0 Å². The van der Waals surface area contributed by atoms with Crippen molar-refractivity contribution in [2.75, 3.05) is 0 Å². The predicted molar refractivity (Wildman–Crippen MR) is 55.8 cm³/mol. The van der Waals surface area contributed by atoms with E-state index < -0.39 is 0 Å². The molecule has 1 nitrogen and oxygen atoms in total. The Morgan fingerprint density at radius 2 is 2.21 bits per heavy atom. The molecule has 0 aromatic heterocycles. The van der Waals surface area contributed by atoms with Crippen molar-refractivity contribution in [2.45, 2.75) is 32.6 Å². The summed E-state index contributed by atoms with van der Waals surface area (Å²) >= 11 is 0. The monoisotopic (exact) mass is 188 g/mol. The highest BCUT2D eigenvalue weighted by Gasteiger charge is 2.64. The lowest BCUT2D eigenvalue weighted by molar-refractivity contribution is -0.105. The Morgan fingerprint density at radius 3 is 3.00 bits per heavy atom.